The van der Waals surface area contributed by atoms with E-state index in [4.69, 9.17) is 4.42 Å². The van der Waals surface area contributed by atoms with Crippen molar-refractivity contribution in [2.45, 2.75) is 0 Å². The van der Waals surface area contributed by atoms with E-state index in [-0.39, 0.29) is 0 Å². The minimum atomic E-state index is 0.921. The van der Waals surface area contributed by atoms with E-state index in [1.165, 1.54) is 222 Å². The fourth-order valence-corrected chi connectivity index (χ4v) is 22.6. The number of para-hydroxylation sites is 6. The summed E-state index contributed by atoms with van der Waals surface area (Å²) in [4.78, 5) is 0. The molecule has 0 aliphatic heterocycles. The second kappa shape index (κ2) is 30.2. The Labute approximate surface area is 750 Å². The summed E-state index contributed by atoms with van der Waals surface area (Å²) in [5.74, 6) is 0. The molecule has 0 N–H and O–H groups in total. The number of hydrogen-bond donors (Lipinski definition) is 0. The van der Waals surface area contributed by atoms with E-state index in [9.17, 15) is 0 Å². The summed E-state index contributed by atoms with van der Waals surface area (Å²) in [5.41, 5.74) is 28.6. The number of furan rings is 1. The summed E-state index contributed by atoms with van der Waals surface area (Å²) in [6.07, 6.45) is 0. The average molecular weight is 1680 g/mol. The first-order valence-electron chi connectivity index (χ1n) is 44.1. The minimum Gasteiger partial charge on any atom is -0.456 e. The van der Waals surface area contributed by atoms with Crippen molar-refractivity contribution in [1.82, 2.24) is 18.3 Å². The molecular weight excluding hydrogens is 1600 g/mol. The molecule has 129 heavy (non-hydrogen) atoms. The molecule has 602 valence electrons. The molecule has 0 saturated heterocycles. The fourth-order valence-electron chi connectivity index (χ4n) is 20.4. The van der Waals surface area contributed by atoms with Crippen molar-refractivity contribution in [3.63, 3.8) is 0 Å². The molecule has 28 aromatic rings. The number of hydrogen-bond acceptors (Lipinski definition) is 3. The third kappa shape index (κ3) is 12.4. The molecule has 7 heterocycles. The molecule has 7 aromatic heterocycles. The number of aromatic nitrogens is 4. The van der Waals surface area contributed by atoms with Crippen LogP contribution in [0.2, 0.25) is 0 Å². The van der Waals surface area contributed by atoms with E-state index in [2.05, 4.69) is 467 Å². The van der Waals surface area contributed by atoms with Crippen molar-refractivity contribution in [1.29, 1.82) is 0 Å². The van der Waals surface area contributed by atoms with Crippen LogP contribution in [0, 0.1) is 0 Å². The Hall–Kier alpha value is -16.4. The van der Waals surface area contributed by atoms with Gasteiger partial charge in [-0.1, -0.05) is 291 Å². The molecule has 7 heteroatoms. The zero-order chi connectivity index (χ0) is 84.7. The quantitative estimate of drug-likeness (QED) is 0.142. The maximum atomic E-state index is 6.08. The second-order valence-corrected chi connectivity index (χ2v) is 35.9. The van der Waals surface area contributed by atoms with Gasteiger partial charge in [-0.15, -0.1) is 22.7 Å². The van der Waals surface area contributed by atoms with Crippen molar-refractivity contribution in [2.24, 2.45) is 0 Å². The maximum absolute atomic E-state index is 6.08. The molecule has 0 aliphatic carbocycles. The molecule has 0 radical (unpaired) electrons. The van der Waals surface area contributed by atoms with E-state index in [1.54, 1.807) is 0 Å². The number of fused-ring (bicyclic) bond motifs is 23. The van der Waals surface area contributed by atoms with Crippen LogP contribution in [0.15, 0.2) is 465 Å². The lowest BCUT2D eigenvalue weighted by atomic mass is 9.98. The van der Waals surface area contributed by atoms with Crippen LogP contribution in [0.25, 0.3) is 249 Å². The summed E-state index contributed by atoms with van der Waals surface area (Å²) in [6.45, 7) is 0. The van der Waals surface area contributed by atoms with Crippen LogP contribution >= 0.6 is 22.7 Å². The van der Waals surface area contributed by atoms with Crippen LogP contribution in [0.4, 0.5) is 0 Å². The largest absolute Gasteiger partial charge is 0.456 e. The third-order valence-corrected chi connectivity index (χ3v) is 28.8. The SMILES string of the molecule is c1ccc(-n2c3ccccc3c3cc(-c4ccc5c(c4)c4ccccc4n5-c4ccc5c(c4)sc4ccccc45)ccc32)cc1.c1ccc2c(-c3ccc(-n4c5ccccc5c5cc(-c6ccc7oc8ccccc8c7c6)ccc54)cc3)cccc2c1.c1ccc2cc(-c3ccc(-n4c5ccccc5c5cc(-c6ccc7sc8ccccc8c7c6)ccc54)cc3)ccc2c1. The van der Waals surface area contributed by atoms with Crippen molar-refractivity contribution in [2.75, 3.05) is 0 Å². The standard InChI is InChI=1S/C42H26N2S.C40H25NO.C40H25NS/c1-2-10-29(11-3-1)43-37-15-7-4-12-31(37)35-24-27(18-22-39(35)43)28-19-23-40-36(25-28)32-13-5-8-16-38(32)44(40)30-20-21-34-33-14-6-9-17-41(33)45-42(34)26-30;1-2-10-31-26(8-1)9-7-13-32(31)27-16-20-30(21-17-27)41-37-14-5-3-11-33(37)35-24-28(18-22-38(35)41)29-19-23-40-36(25-29)34-12-4-6-15-39(34)42-40;1-2-8-28-23-29(14-13-26(28)7-1)27-15-19-32(20-16-27)41-37-11-5-3-9-33(37)35-24-30(17-21-38(35)41)31-18-22-40-36(25-31)34-10-4-6-12-39(34)42-40/h1-26H;2*1-25H. The monoisotopic (exact) mass is 1680 g/mol. The van der Waals surface area contributed by atoms with E-state index >= 15 is 0 Å². The van der Waals surface area contributed by atoms with Crippen LogP contribution < -0.4 is 0 Å². The van der Waals surface area contributed by atoms with Crippen LogP contribution in [-0.4, -0.2) is 18.3 Å². The van der Waals surface area contributed by atoms with Gasteiger partial charge in [0.15, 0.2) is 0 Å². The highest BCUT2D eigenvalue weighted by Crippen LogP contribution is 2.46. The Morgan fingerprint density at radius 1 is 0.147 bits per heavy atom. The van der Waals surface area contributed by atoms with Gasteiger partial charge in [-0.25, -0.2) is 0 Å². The highest BCUT2D eigenvalue weighted by atomic mass is 32.1. The molecule has 0 unspecified atom stereocenters. The molecule has 0 amide bonds. The van der Waals surface area contributed by atoms with Gasteiger partial charge in [-0.2, -0.15) is 0 Å². The zero-order valence-electron chi connectivity index (χ0n) is 69.9. The zero-order valence-corrected chi connectivity index (χ0v) is 71.5. The molecular formula is C122H76N4OS2. The normalized spacial score (nSPS) is 11.9. The third-order valence-electron chi connectivity index (χ3n) is 26.5. The molecule has 0 spiro atoms. The van der Waals surface area contributed by atoms with Gasteiger partial charge in [0, 0.05) is 117 Å². The van der Waals surface area contributed by atoms with Crippen LogP contribution in [-0.2, 0) is 0 Å². The fraction of sp³-hybridized carbons (Fsp3) is 0. The van der Waals surface area contributed by atoms with Gasteiger partial charge in [0.1, 0.15) is 11.2 Å². The first-order valence-corrected chi connectivity index (χ1v) is 45.7. The Balaban J connectivity index is 0.000000102. The van der Waals surface area contributed by atoms with Crippen molar-refractivity contribution in [3.05, 3.63) is 461 Å². The minimum absolute atomic E-state index is 0.921. The van der Waals surface area contributed by atoms with Crippen LogP contribution in [0.5, 0.6) is 0 Å². The van der Waals surface area contributed by atoms with E-state index in [0.29, 0.717) is 0 Å². The Morgan fingerprint density at radius 2 is 0.481 bits per heavy atom. The predicted molar refractivity (Wildman–Crippen MR) is 552 cm³/mol. The van der Waals surface area contributed by atoms with Crippen molar-refractivity contribution in [3.8, 4) is 78.4 Å². The van der Waals surface area contributed by atoms with Crippen LogP contribution in [0.3, 0.4) is 0 Å². The first-order chi connectivity index (χ1) is 63.9. The molecule has 0 atom stereocenters. The highest BCUT2D eigenvalue weighted by Gasteiger charge is 2.22. The van der Waals surface area contributed by atoms with Crippen molar-refractivity contribution >= 4 is 194 Å². The number of thiophene rings is 2. The van der Waals surface area contributed by atoms with Gasteiger partial charge in [0.25, 0.3) is 0 Å². The molecule has 0 fully saturated rings. The molecule has 5 nitrogen and oxygen atoms in total. The molecule has 0 aliphatic rings. The van der Waals surface area contributed by atoms with Gasteiger partial charge >= 0.3 is 0 Å². The Morgan fingerprint density at radius 3 is 1.03 bits per heavy atom. The topological polar surface area (TPSA) is 32.9 Å². The number of benzene rings is 21. The van der Waals surface area contributed by atoms with Gasteiger partial charge < -0.3 is 22.7 Å². The van der Waals surface area contributed by atoms with E-state index < -0.39 is 0 Å². The molecule has 0 saturated carbocycles. The molecule has 28 rings (SSSR count). The first kappa shape index (κ1) is 74.0. The predicted octanol–water partition coefficient (Wildman–Crippen LogP) is 34.7. The summed E-state index contributed by atoms with van der Waals surface area (Å²) in [5, 5.41) is 22.8. The maximum Gasteiger partial charge on any atom is 0.135 e. The average Bonchev–Trinajstić information content (AvgIpc) is 1.59. The van der Waals surface area contributed by atoms with Gasteiger partial charge in [-0.3, -0.25) is 0 Å². The van der Waals surface area contributed by atoms with Gasteiger partial charge in [0.2, 0.25) is 0 Å². The summed E-state index contributed by atoms with van der Waals surface area (Å²) >= 11 is 3.74. The molecule has 21 aromatic carbocycles. The van der Waals surface area contributed by atoms with E-state index in [1.807, 2.05) is 34.8 Å². The number of nitrogens with zero attached hydrogens (tertiary/aromatic N) is 4. The molecule has 0 bridgehead atoms. The summed E-state index contributed by atoms with van der Waals surface area (Å²) in [6, 6.07) is 168. The van der Waals surface area contributed by atoms with Crippen molar-refractivity contribution < 1.29 is 4.42 Å². The smallest absolute Gasteiger partial charge is 0.135 e. The lowest BCUT2D eigenvalue weighted by Gasteiger charge is -2.11. The summed E-state index contributed by atoms with van der Waals surface area (Å²) in [7, 11) is 0. The Bertz CT molecular complexity index is 9380. The Kier molecular flexibility index (Phi) is 17.3. The lowest BCUT2D eigenvalue weighted by molar-refractivity contribution is 0.669. The van der Waals surface area contributed by atoms with Gasteiger partial charge in [0.05, 0.1) is 44.1 Å². The lowest BCUT2D eigenvalue weighted by Crippen LogP contribution is -1.93. The van der Waals surface area contributed by atoms with Crippen LogP contribution in [0.1, 0.15) is 0 Å². The van der Waals surface area contributed by atoms with Gasteiger partial charge in [-0.05, 0) is 247 Å². The number of rotatable bonds is 9. The highest BCUT2D eigenvalue weighted by molar-refractivity contribution is 7.26. The van der Waals surface area contributed by atoms with E-state index in [0.717, 1.165) is 27.6 Å². The summed E-state index contributed by atoms with van der Waals surface area (Å²) < 4.78 is 21.0. The second-order valence-electron chi connectivity index (χ2n) is 33.8.